The first-order valence-corrected chi connectivity index (χ1v) is 10.1. The molecule has 4 nitrogen and oxygen atoms in total. The molecule has 31 heavy (non-hydrogen) atoms. The Morgan fingerprint density at radius 1 is 1.00 bits per heavy atom. The Morgan fingerprint density at radius 2 is 1.71 bits per heavy atom. The highest BCUT2D eigenvalue weighted by molar-refractivity contribution is 6.01. The number of H-pyrrole nitrogens is 1. The summed E-state index contributed by atoms with van der Waals surface area (Å²) in [6.45, 7) is 6.47. The van der Waals surface area contributed by atoms with Crippen molar-refractivity contribution in [2.24, 2.45) is 0 Å². The highest BCUT2D eigenvalue weighted by Gasteiger charge is 2.17. The highest BCUT2D eigenvalue weighted by atomic mass is 19.1. The van der Waals surface area contributed by atoms with E-state index in [9.17, 15) is 9.18 Å². The molecule has 3 aromatic carbocycles. The van der Waals surface area contributed by atoms with Crippen molar-refractivity contribution in [2.75, 3.05) is 0 Å². The Balaban J connectivity index is 1.76. The molecule has 0 saturated heterocycles. The number of hydrogen-bond donors (Lipinski definition) is 2. The lowest BCUT2D eigenvalue weighted by Gasteiger charge is -2.18. The van der Waals surface area contributed by atoms with Gasteiger partial charge >= 0.3 is 0 Å². The summed E-state index contributed by atoms with van der Waals surface area (Å²) >= 11 is 0. The van der Waals surface area contributed by atoms with Crippen LogP contribution in [-0.2, 0) is 5.41 Å². The smallest absolute Gasteiger partial charge is 0.255 e. The Kier molecular flexibility index (Phi) is 5.42. The minimum atomic E-state index is -0.314. The molecule has 0 bridgehead atoms. The first-order valence-electron chi connectivity index (χ1n) is 10.1. The fraction of sp³-hybridized carbons (Fsp3) is 0.154. The van der Waals surface area contributed by atoms with E-state index in [1.807, 2.05) is 24.3 Å². The monoisotopic (exact) mass is 413 g/mol. The van der Waals surface area contributed by atoms with Gasteiger partial charge in [0.2, 0.25) is 0 Å². The van der Waals surface area contributed by atoms with Crippen molar-refractivity contribution in [2.45, 2.75) is 26.2 Å². The third kappa shape index (κ3) is 4.72. The van der Waals surface area contributed by atoms with Gasteiger partial charge < -0.3 is 10.3 Å². The van der Waals surface area contributed by atoms with Gasteiger partial charge in [-0.15, -0.1) is 0 Å². The first kappa shape index (κ1) is 20.5. The van der Waals surface area contributed by atoms with Gasteiger partial charge in [0, 0.05) is 5.56 Å². The van der Waals surface area contributed by atoms with Crippen molar-refractivity contribution >= 4 is 28.7 Å². The molecule has 0 unspecified atom stereocenters. The average Bonchev–Trinajstić information content (AvgIpc) is 3.18. The maximum Gasteiger partial charge on any atom is 0.255 e. The Morgan fingerprint density at radius 3 is 2.39 bits per heavy atom. The Bertz CT molecular complexity index is 1250. The third-order valence-corrected chi connectivity index (χ3v) is 5.07. The number of nitrogens with one attached hydrogen (secondary N) is 2. The summed E-state index contributed by atoms with van der Waals surface area (Å²) in [5.74, 6) is -0.0232. The van der Waals surface area contributed by atoms with Crippen molar-refractivity contribution in [1.29, 1.82) is 0 Å². The number of fused-ring (bicyclic) bond motifs is 1. The van der Waals surface area contributed by atoms with Gasteiger partial charge in [-0.2, -0.15) is 0 Å². The van der Waals surface area contributed by atoms with E-state index >= 15 is 0 Å². The van der Waals surface area contributed by atoms with E-state index in [0.29, 0.717) is 17.1 Å². The number of imidazole rings is 1. The molecule has 1 amide bonds. The molecule has 0 aliphatic carbocycles. The van der Waals surface area contributed by atoms with E-state index < -0.39 is 0 Å². The zero-order chi connectivity index (χ0) is 22.0. The topological polar surface area (TPSA) is 57.8 Å². The van der Waals surface area contributed by atoms with Crippen LogP contribution in [0.1, 0.15) is 48.1 Å². The quantitative estimate of drug-likeness (QED) is 0.436. The lowest BCUT2D eigenvalue weighted by atomic mass is 9.87. The second-order valence-corrected chi connectivity index (χ2v) is 8.50. The average molecular weight is 413 g/mol. The second-order valence-electron chi connectivity index (χ2n) is 8.50. The lowest BCUT2D eigenvalue weighted by Crippen LogP contribution is -2.22. The summed E-state index contributed by atoms with van der Waals surface area (Å²) in [4.78, 5) is 20.8. The number of nitrogens with zero attached hydrogens (tertiary/aromatic N) is 1. The Labute approximate surface area is 180 Å². The molecule has 0 aliphatic heterocycles. The highest BCUT2D eigenvalue weighted by Crippen LogP contribution is 2.26. The van der Waals surface area contributed by atoms with Crippen molar-refractivity contribution in [3.8, 4) is 0 Å². The predicted octanol–water partition coefficient (Wildman–Crippen LogP) is 5.93. The number of benzene rings is 3. The number of aromatic amines is 1. The number of hydrogen-bond acceptors (Lipinski definition) is 2. The maximum absolute atomic E-state index is 13.3. The maximum atomic E-state index is 13.3. The zero-order valence-electron chi connectivity index (χ0n) is 17.7. The molecule has 4 aromatic rings. The molecule has 0 atom stereocenters. The molecule has 4 rings (SSSR count). The molecule has 5 heteroatoms. The van der Waals surface area contributed by atoms with E-state index in [0.717, 1.165) is 16.6 Å². The van der Waals surface area contributed by atoms with Gasteiger partial charge in [-0.05, 0) is 59.0 Å². The fourth-order valence-corrected chi connectivity index (χ4v) is 3.28. The third-order valence-electron chi connectivity index (χ3n) is 5.07. The van der Waals surface area contributed by atoms with Crippen LogP contribution >= 0.6 is 0 Å². The number of aromatic nitrogens is 2. The Hall–Kier alpha value is -3.73. The fourth-order valence-electron chi connectivity index (χ4n) is 3.28. The van der Waals surface area contributed by atoms with Gasteiger partial charge in [-0.25, -0.2) is 9.37 Å². The number of rotatable bonds is 4. The predicted molar refractivity (Wildman–Crippen MR) is 123 cm³/mol. The van der Waals surface area contributed by atoms with Crippen LogP contribution in [0.3, 0.4) is 0 Å². The van der Waals surface area contributed by atoms with Crippen molar-refractivity contribution in [3.05, 3.63) is 101 Å². The van der Waals surface area contributed by atoms with E-state index in [4.69, 9.17) is 0 Å². The standard InChI is InChI=1S/C26H24FN3O/c1-26(2,3)19-11-14-21-22(16-19)29-24(28-21)23(15-17-9-12-20(27)13-10-17)30-25(31)18-7-5-4-6-8-18/h4-16H,1-3H3,(H,28,29)(H,30,31). The van der Waals surface area contributed by atoms with Crippen LogP contribution in [0.2, 0.25) is 0 Å². The second kappa shape index (κ2) is 8.19. The summed E-state index contributed by atoms with van der Waals surface area (Å²) in [5, 5.41) is 2.95. The van der Waals surface area contributed by atoms with E-state index in [1.54, 1.807) is 30.3 Å². The van der Waals surface area contributed by atoms with Crippen LogP contribution in [0, 0.1) is 5.82 Å². The molecule has 0 spiro atoms. The molecule has 1 heterocycles. The van der Waals surface area contributed by atoms with Crippen LogP contribution < -0.4 is 5.32 Å². The van der Waals surface area contributed by atoms with Crippen LogP contribution in [-0.4, -0.2) is 15.9 Å². The van der Waals surface area contributed by atoms with Gasteiger partial charge in [0.25, 0.3) is 5.91 Å². The molecule has 0 aliphatic rings. The van der Waals surface area contributed by atoms with Gasteiger partial charge in [0.1, 0.15) is 5.82 Å². The first-order chi connectivity index (χ1) is 14.8. The van der Waals surface area contributed by atoms with Crippen LogP contribution in [0.4, 0.5) is 4.39 Å². The summed E-state index contributed by atoms with van der Waals surface area (Å²) < 4.78 is 13.3. The molecule has 0 fully saturated rings. The summed E-state index contributed by atoms with van der Waals surface area (Å²) in [6.07, 6.45) is 1.78. The van der Waals surface area contributed by atoms with Gasteiger partial charge in [-0.1, -0.05) is 57.2 Å². The van der Waals surface area contributed by atoms with Gasteiger partial charge in [0.05, 0.1) is 16.7 Å². The van der Waals surface area contributed by atoms with E-state index in [2.05, 4.69) is 48.2 Å². The largest absolute Gasteiger partial charge is 0.337 e. The van der Waals surface area contributed by atoms with Crippen LogP contribution in [0.15, 0.2) is 72.8 Å². The lowest BCUT2D eigenvalue weighted by molar-refractivity contribution is 0.0973. The molecule has 2 N–H and O–H groups in total. The summed E-state index contributed by atoms with van der Waals surface area (Å²) in [5.41, 5.74) is 4.69. The van der Waals surface area contributed by atoms with Crippen molar-refractivity contribution < 1.29 is 9.18 Å². The normalized spacial score (nSPS) is 12.2. The van der Waals surface area contributed by atoms with Gasteiger partial charge in [0.15, 0.2) is 5.82 Å². The van der Waals surface area contributed by atoms with E-state index in [1.165, 1.54) is 17.7 Å². The van der Waals surface area contributed by atoms with Crippen molar-refractivity contribution in [1.82, 2.24) is 15.3 Å². The molecular formula is C26H24FN3O. The minimum Gasteiger partial charge on any atom is -0.337 e. The zero-order valence-corrected chi connectivity index (χ0v) is 17.7. The van der Waals surface area contributed by atoms with Crippen LogP contribution in [0.25, 0.3) is 22.8 Å². The number of amides is 1. The van der Waals surface area contributed by atoms with E-state index in [-0.39, 0.29) is 17.1 Å². The molecule has 156 valence electrons. The summed E-state index contributed by atoms with van der Waals surface area (Å²) in [7, 11) is 0. The SMILES string of the molecule is CC(C)(C)c1ccc2nc(C(=Cc3ccc(F)cc3)NC(=O)c3ccccc3)[nH]c2c1. The summed E-state index contributed by atoms with van der Waals surface area (Å²) in [6, 6.07) is 21.2. The number of carbonyl (C=O) groups excluding carboxylic acids is 1. The minimum absolute atomic E-state index is 0.00771. The van der Waals surface area contributed by atoms with Gasteiger partial charge in [-0.3, -0.25) is 4.79 Å². The molecular weight excluding hydrogens is 389 g/mol. The number of carbonyl (C=O) groups is 1. The number of halogens is 1. The van der Waals surface area contributed by atoms with Crippen LogP contribution in [0.5, 0.6) is 0 Å². The molecule has 0 radical (unpaired) electrons. The molecule has 1 aromatic heterocycles. The van der Waals surface area contributed by atoms with Crippen molar-refractivity contribution in [3.63, 3.8) is 0 Å². The molecule has 0 saturated carbocycles.